The fourth-order valence-corrected chi connectivity index (χ4v) is 2.30. The summed E-state index contributed by atoms with van der Waals surface area (Å²) < 4.78 is 5.48. The van der Waals surface area contributed by atoms with Crippen LogP contribution in [0, 0.1) is 6.92 Å². The van der Waals surface area contributed by atoms with E-state index in [0.29, 0.717) is 18.0 Å². The van der Waals surface area contributed by atoms with Crippen LogP contribution in [-0.2, 0) is 4.74 Å². The van der Waals surface area contributed by atoms with Crippen molar-refractivity contribution in [1.29, 1.82) is 0 Å². The molecule has 7 nitrogen and oxygen atoms in total. The smallest absolute Gasteiger partial charge is 0.272 e. The van der Waals surface area contributed by atoms with Crippen LogP contribution in [0.3, 0.4) is 0 Å². The third-order valence-electron chi connectivity index (χ3n) is 3.36. The molecule has 0 saturated carbocycles. The van der Waals surface area contributed by atoms with Gasteiger partial charge >= 0.3 is 0 Å². The van der Waals surface area contributed by atoms with E-state index in [1.807, 2.05) is 6.92 Å². The number of nitrogens with one attached hydrogen (secondary N) is 1. The van der Waals surface area contributed by atoms with Crippen molar-refractivity contribution in [2.45, 2.75) is 32.4 Å². The van der Waals surface area contributed by atoms with E-state index in [-0.39, 0.29) is 24.0 Å². The highest BCUT2D eigenvalue weighted by Gasteiger charge is 2.31. The van der Waals surface area contributed by atoms with Crippen LogP contribution in [0.4, 0.5) is 5.95 Å². The highest BCUT2D eigenvalue weighted by atomic mass is 16.5. The zero-order valence-electron chi connectivity index (χ0n) is 11.4. The van der Waals surface area contributed by atoms with Gasteiger partial charge in [-0.05, 0) is 26.3 Å². The Balaban J connectivity index is 2.21. The minimum Gasteiger partial charge on any atom is -0.376 e. The topological polar surface area (TPSA) is 93.4 Å². The van der Waals surface area contributed by atoms with Crippen molar-refractivity contribution in [3.63, 3.8) is 0 Å². The van der Waals surface area contributed by atoms with Crippen LogP contribution < -0.4 is 11.3 Å². The van der Waals surface area contributed by atoms with Gasteiger partial charge in [0.05, 0.1) is 12.1 Å². The van der Waals surface area contributed by atoms with Crippen LogP contribution >= 0.6 is 0 Å². The Morgan fingerprint density at radius 2 is 2.32 bits per heavy atom. The molecule has 1 saturated heterocycles. The summed E-state index contributed by atoms with van der Waals surface area (Å²) in [7, 11) is 1.77. The van der Waals surface area contributed by atoms with E-state index in [1.54, 1.807) is 24.9 Å². The van der Waals surface area contributed by atoms with E-state index >= 15 is 0 Å². The van der Waals surface area contributed by atoms with E-state index in [0.717, 1.165) is 6.42 Å². The average Bonchev–Trinajstić information content (AvgIpc) is 2.82. The fourth-order valence-electron chi connectivity index (χ4n) is 2.30. The first-order valence-corrected chi connectivity index (χ1v) is 6.24. The third kappa shape index (κ3) is 2.82. The Morgan fingerprint density at radius 1 is 1.58 bits per heavy atom. The molecule has 1 aliphatic heterocycles. The molecular weight excluding hydrogens is 246 g/mol. The van der Waals surface area contributed by atoms with Crippen molar-refractivity contribution in [2.24, 2.45) is 5.84 Å². The molecule has 7 heteroatoms. The summed E-state index contributed by atoms with van der Waals surface area (Å²) in [5, 5.41) is 0. The van der Waals surface area contributed by atoms with E-state index in [1.165, 1.54) is 0 Å². The number of hydrogen-bond acceptors (Lipinski definition) is 6. The Hall–Kier alpha value is -1.73. The van der Waals surface area contributed by atoms with E-state index in [2.05, 4.69) is 15.4 Å². The maximum Gasteiger partial charge on any atom is 0.272 e. The fraction of sp³-hybridized carbons (Fsp3) is 0.583. The molecule has 2 unspecified atom stereocenters. The van der Waals surface area contributed by atoms with Gasteiger partial charge in [-0.2, -0.15) is 0 Å². The second kappa shape index (κ2) is 5.50. The second-order valence-electron chi connectivity index (χ2n) is 4.71. The number of aryl methyl sites for hydroxylation is 1. The first-order chi connectivity index (χ1) is 9.02. The molecule has 1 aromatic heterocycles. The predicted molar refractivity (Wildman–Crippen MR) is 70.5 cm³/mol. The van der Waals surface area contributed by atoms with Gasteiger partial charge in [0, 0.05) is 19.3 Å². The number of hydrazine groups is 1. The standard InChI is InChI=1S/C12H19N5O2/c1-7-6-9(15-12(14-7)16-13)11(18)17(3)10-4-5-19-8(10)2/h6,8,10H,4-5,13H2,1-3H3,(H,14,15,16). The van der Waals surface area contributed by atoms with Gasteiger partial charge in [0.15, 0.2) is 0 Å². The van der Waals surface area contributed by atoms with Gasteiger partial charge in [0.25, 0.3) is 5.91 Å². The molecule has 19 heavy (non-hydrogen) atoms. The molecule has 1 aliphatic rings. The van der Waals surface area contributed by atoms with Crippen molar-refractivity contribution >= 4 is 11.9 Å². The number of hydrogen-bond donors (Lipinski definition) is 2. The van der Waals surface area contributed by atoms with Crippen molar-refractivity contribution < 1.29 is 9.53 Å². The van der Waals surface area contributed by atoms with Crippen LogP contribution in [0.25, 0.3) is 0 Å². The maximum atomic E-state index is 12.4. The summed E-state index contributed by atoms with van der Waals surface area (Å²) in [6.45, 7) is 4.45. The quantitative estimate of drug-likeness (QED) is 0.604. The van der Waals surface area contributed by atoms with Gasteiger partial charge in [-0.3, -0.25) is 10.2 Å². The third-order valence-corrected chi connectivity index (χ3v) is 3.36. The highest BCUT2D eigenvalue weighted by molar-refractivity contribution is 5.92. The van der Waals surface area contributed by atoms with Crippen LogP contribution in [0.5, 0.6) is 0 Å². The highest BCUT2D eigenvalue weighted by Crippen LogP contribution is 2.20. The minimum absolute atomic E-state index is 0.0454. The molecule has 2 atom stereocenters. The number of rotatable bonds is 3. The monoisotopic (exact) mass is 265 g/mol. The van der Waals surface area contributed by atoms with Crippen LogP contribution in [0.15, 0.2) is 6.07 Å². The molecule has 3 N–H and O–H groups in total. The summed E-state index contributed by atoms with van der Waals surface area (Å²) in [5.74, 6) is 5.38. The largest absolute Gasteiger partial charge is 0.376 e. The van der Waals surface area contributed by atoms with Crippen LogP contribution in [0.2, 0.25) is 0 Å². The summed E-state index contributed by atoms with van der Waals surface area (Å²) in [6, 6.07) is 1.73. The summed E-state index contributed by atoms with van der Waals surface area (Å²) in [6.07, 6.45) is 0.888. The molecule has 0 aromatic carbocycles. The van der Waals surface area contributed by atoms with Gasteiger partial charge in [0.2, 0.25) is 5.95 Å². The second-order valence-corrected chi connectivity index (χ2v) is 4.71. The van der Waals surface area contributed by atoms with Gasteiger partial charge < -0.3 is 9.64 Å². The lowest BCUT2D eigenvalue weighted by Gasteiger charge is -2.26. The van der Waals surface area contributed by atoms with Gasteiger partial charge in [-0.25, -0.2) is 15.8 Å². The number of ether oxygens (including phenoxy) is 1. The molecule has 2 rings (SSSR count). The summed E-state index contributed by atoms with van der Waals surface area (Å²) >= 11 is 0. The van der Waals surface area contributed by atoms with Gasteiger partial charge in [-0.15, -0.1) is 0 Å². The first kappa shape index (κ1) is 13.7. The van der Waals surface area contributed by atoms with Gasteiger partial charge in [-0.1, -0.05) is 0 Å². The molecule has 104 valence electrons. The van der Waals surface area contributed by atoms with E-state index in [4.69, 9.17) is 10.6 Å². The average molecular weight is 265 g/mol. The Labute approximate surface area is 112 Å². The Morgan fingerprint density at radius 3 is 2.89 bits per heavy atom. The molecule has 0 radical (unpaired) electrons. The first-order valence-electron chi connectivity index (χ1n) is 6.24. The lowest BCUT2D eigenvalue weighted by Crippen LogP contribution is -2.41. The minimum atomic E-state index is -0.149. The maximum absolute atomic E-state index is 12.4. The number of carbonyl (C=O) groups excluding carboxylic acids is 1. The van der Waals surface area contributed by atoms with E-state index in [9.17, 15) is 4.79 Å². The Kier molecular flexibility index (Phi) is 3.96. The lowest BCUT2D eigenvalue weighted by molar-refractivity contribution is 0.0570. The number of carbonyl (C=O) groups is 1. The summed E-state index contributed by atoms with van der Waals surface area (Å²) in [4.78, 5) is 22.2. The zero-order chi connectivity index (χ0) is 14.0. The van der Waals surface area contributed by atoms with Crippen LogP contribution in [0.1, 0.15) is 29.5 Å². The molecule has 0 spiro atoms. The molecule has 1 fully saturated rings. The number of likely N-dealkylation sites (N-methyl/N-ethyl adjacent to an activating group) is 1. The van der Waals surface area contributed by atoms with Crippen molar-refractivity contribution in [3.05, 3.63) is 17.5 Å². The SMILES string of the molecule is Cc1cc(C(=O)N(C)C2CCOC2C)nc(NN)n1. The molecule has 0 bridgehead atoms. The summed E-state index contributed by atoms with van der Waals surface area (Å²) in [5.41, 5.74) is 3.39. The van der Waals surface area contributed by atoms with Gasteiger partial charge in [0.1, 0.15) is 5.69 Å². The molecular formula is C12H19N5O2. The van der Waals surface area contributed by atoms with Crippen molar-refractivity contribution in [3.8, 4) is 0 Å². The predicted octanol–water partition coefficient (Wildman–Crippen LogP) is 0.320. The zero-order valence-corrected chi connectivity index (χ0v) is 11.4. The Bertz CT molecular complexity index is 479. The molecule has 2 heterocycles. The number of anilines is 1. The lowest BCUT2D eigenvalue weighted by atomic mass is 10.1. The number of nitrogens with zero attached hydrogens (tertiary/aromatic N) is 3. The number of nitrogens with two attached hydrogens (primary N) is 1. The molecule has 0 aliphatic carbocycles. The number of nitrogen functional groups attached to an aromatic ring is 1. The van der Waals surface area contributed by atoms with Crippen molar-refractivity contribution in [2.75, 3.05) is 19.1 Å². The normalized spacial score (nSPS) is 22.3. The van der Waals surface area contributed by atoms with Crippen molar-refractivity contribution in [1.82, 2.24) is 14.9 Å². The number of aromatic nitrogens is 2. The van der Waals surface area contributed by atoms with E-state index < -0.39 is 0 Å². The number of amides is 1. The molecule has 1 amide bonds. The molecule has 1 aromatic rings. The van der Waals surface area contributed by atoms with Crippen LogP contribution in [-0.4, -0.2) is 46.6 Å².